The monoisotopic (exact) mass is 306 g/mol. The predicted molar refractivity (Wildman–Crippen MR) is 91.7 cm³/mol. The molecule has 0 aromatic carbocycles. The molecule has 0 heterocycles. The van der Waals surface area contributed by atoms with Crippen molar-refractivity contribution in [3.63, 3.8) is 0 Å². The van der Waals surface area contributed by atoms with Gasteiger partial charge in [0.25, 0.3) is 0 Å². The molecule has 0 amide bonds. The van der Waals surface area contributed by atoms with Crippen LogP contribution in [0.1, 0.15) is 79.6 Å². The van der Waals surface area contributed by atoms with E-state index in [2.05, 4.69) is 33.8 Å². The van der Waals surface area contributed by atoms with Crippen LogP contribution < -0.4 is 0 Å². The molecule has 1 unspecified atom stereocenters. The zero-order valence-corrected chi connectivity index (χ0v) is 15.1. The van der Waals surface area contributed by atoms with Gasteiger partial charge in [-0.3, -0.25) is 4.79 Å². The number of fused-ring (bicyclic) bond motifs is 1. The van der Waals surface area contributed by atoms with E-state index in [0.717, 1.165) is 32.1 Å². The number of carboxylic acid groups (broad SMARTS) is 1. The highest BCUT2D eigenvalue weighted by Gasteiger charge is 2.57. The highest BCUT2D eigenvalue weighted by Crippen LogP contribution is 2.62. The highest BCUT2D eigenvalue weighted by atomic mass is 16.4. The minimum Gasteiger partial charge on any atom is -0.481 e. The number of aliphatic carboxylic acids is 1. The molecule has 0 bridgehead atoms. The van der Waals surface area contributed by atoms with Crippen LogP contribution in [0, 0.1) is 28.6 Å². The maximum absolute atomic E-state index is 12.0. The Morgan fingerprint density at radius 2 is 1.95 bits per heavy atom. The molecule has 0 spiro atoms. The molecule has 2 nitrogen and oxygen atoms in total. The number of allylic oxidation sites excluding steroid dienone is 2. The minimum absolute atomic E-state index is 0.188. The van der Waals surface area contributed by atoms with Crippen LogP contribution in [-0.2, 0) is 4.79 Å². The van der Waals surface area contributed by atoms with Crippen LogP contribution in [0.2, 0.25) is 0 Å². The number of carbonyl (C=O) groups is 1. The summed E-state index contributed by atoms with van der Waals surface area (Å²) in [5.74, 6) is 1.10. The minimum atomic E-state index is -0.572. The quantitative estimate of drug-likeness (QED) is 0.679. The Labute approximate surface area is 136 Å². The molecule has 0 aliphatic heterocycles. The Kier molecular flexibility index (Phi) is 5.09. The van der Waals surface area contributed by atoms with E-state index in [1.165, 1.54) is 18.4 Å². The first kappa shape index (κ1) is 17.6. The Balaban J connectivity index is 2.32. The molecule has 5 atom stereocenters. The fourth-order valence-electron chi connectivity index (χ4n) is 5.52. The first-order valence-electron chi connectivity index (χ1n) is 9.14. The first-order chi connectivity index (χ1) is 10.3. The maximum Gasteiger partial charge on any atom is 0.309 e. The molecule has 2 heteroatoms. The van der Waals surface area contributed by atoms with E-state index < -0.39 is 11.4 Å². The molecule has 2 saturated carbocycles. The van der Waals surface area contributed by atoms with Gasteiger partial charge < -0.3 is 5.11 Å². The summed E-state index contributed by atoms with van der Waals surface area (Å²) in [5.41, 5.74) is 1.14. The van der Waals surface area contributed by atoms with Crippen molar-refractivity contribution in [1.82, 2.24) is 0 Å². The maximum atomic E-state index is 12.0. The molecule has 22 heavy (non-hydrogen) atoms. The number of hydrogen-bond acceptors (Lipinski definition) is 1. The van der Waals surface area contributed by atoms with Crippen molar-refractivity contribution >= 4 is 5.97 Å². The summed E-state index contributed by atoms with van der Waals surface area (Å²) in [7, 11) is 0. The summed E-state index contributed by atoms with van der Waals surface area (Å²) in [6.45, 7) is 11.2. The van der Waals surface area contributed by atoms with E-state index in [1.807, 2.05) is 6.92 Å². The van der Waals surface area contributed by atoms with Crippen molar-refractivity contribution in [2.24, 2.45) is 28.6 Å². The Bertz CT molecular complexity index is 453. The molecule has 2 aliphatic rings. The molecule has 126 valence electrons. The van der Waals surface area contributed by atoms with Gasteiger partial charge in [0.05, 0.1) is 5.41 Å². The Morgan fingerprint density at radius 3 is 2.55 bits per heavy atom. The zero-order valence-electron chi connectivity index (χ0n) is 15.1. The van der Waals surface area contributed by atoms with Gasteiger partial charge in [-0.2, -0.15) is 0 Å². The van der Waals surface area contributed by atoms with Crippen molar-refractivity contribution in [3.8, 4) is 0 Å². The van der Waals surface area contributed by atoms with E-state index in [1.54, 1.807) is 0 Å². The van der Waals surface area contributed by atoms with Crippen molar-refractivity contribution in [3.05, 3.63) is 11.6 Å². The predicted octanol–water partition coefficient (Wildman–Crippen LogP) is 5.68. The van der Waals surface area contributed by atoms with Crippen LogP contribution in [0.15, 0.2) is 11.6 Å². The molecule has 1 N–H and O–H groups in total. The largest absolute Gasteiger partial charge is 0.481 e. The van der Waals surface area contributed by atoms with Crippen LogP contribution in [0.4, 0.5) is 0 Å². The summed E-state index contributed by atoms with van der Waals surface area (Å²) >= 11 is 0. The molecular formula is C20H34O2. The third kappa shape index (κ3) is 2.86. The molecule has 0 aromatic heterocycles. The van der Waals surface area contributed by atoms with E-state index in [-0.39, 0.29) is 5.41 Å². The molecule has 2 fully saturated rings. The van der Waals surface area contributed by atoms with Crippen LogP contribution in [0.5, 0.6) is 0 Å². The Hall–Kier alpha value is -0.790. The summed E-state index contributed by atoms with van der Waals surface area (Å²) < 4.78 is 0. The van der Waals surface area contributed by atoms with Gasteiger partial charge in [-0.15, -0.1) is 0 Å². The first-order valence-corrected chi connectivity index (χ1v) is 9.14. The van der Waals surface area contributed by atoms with E-state index >= 15 is 0 Å². The smallest absolute Gasteiger partial charge is 0.309 e. The average molecular weight is 306 g/mol. The second-order valence-corrected chi connectivity index (χ2v) is 8.44. The normalized spacial score (nSPS) is 42.8. The van der Waals surface area contributed by atoms with Crippen molar-refractivity contribution < 1.29 is 9.90 Å². The lowest BCUT2D eigenvalue weighted by Gasteiger charge is -2.58. The van der Waals surface area contributed by atoms with Crippen molar-refractivity contribution in [2.75, 3.05) is 0 Å². The fraction of sp³-hybridized carbons (Fsp3) is 0.850. The van der Waals surface area contributed by atoms with Gasteiger partial charge in [-0.1, -0.05) is 45.3 Å². The lowest BCUT2D eigenvalue weighted by atomic mass is 9.45. The number of carboxylic acids is 1. The van der Waals surface area contributed by atoms with Crippen LogP contribution in [0.25, 0.3) is 0 Å². The van der Waals surface area contributed by atoms with Gasteiger partial charge in [0, 0.05) is 0 Å². The van der Waals surface area contributed by atoms with Gasteiger partial charge in [0.1, 0.15) is 0 Å². The Morgan fingerprint density at radius 1 is 1.27 bits per heavy atom. The van der Waals surface area contributed by atoms with Crippen LogP contribution >= 0.6 is 0 Å². The number of rotatable bonds is 4. The van der Waals surface area contributed by atoms with E-state index in [9.17, 15) is 9.90 Å². The second kappa shape index (κ2) is 6.37. The van der Waals surface area contributed by atoms with Gasteiger partial charge in [0.15, 0.2) is 0 Å². The zero-order chi connectivity index (χ0) is 16.5. The van der Waals surface area contributed by atoms with Gasteiger partial charge in [-0.25, -0.2) is 0 Å². The molecule has 0 radical (unpaired) electrons. The molecule has 2 rings (SSSR count). The van der Waals surface area contributed by atoms with E-state index in [4.69, 9.17) is 0 Å². The van der Waals surface area contributed by atoms with Crippen LogP contribution in [0.3, 0.4) is 0 Å². The van der Waals surface area contributed by atoms with Crippen molar-refractivity contribution in [1.29, 1.82) is 0 Å². The standard InChI is InChI=1S/C20H34O2/c1-6-14(2)8-10-16-15(3)9-11-17-19(16,4)12-7-13-20(17,5)18(21)22/h8,15-17H,6-7,9-13H2,1-5H3,(H,21,22)/b14-8-/t15?,16-,17+,19+,20-/m0/s1. The van der Waals surface area contributed by atoms with Gasteiger partial charge >= 0.3 is 5.97 Å². The molecule has 2 aliphatic carbocycles. The summed E-state index contributed by atoms with van der Waals surface area (Å²) in [5, 5.41) is 9.85. The summed E-state index contributed by atoms with van der Waals surface area (Å²) in [4.78, 5) is 12.0. The number of hydrogen-bond donors (Lipinski definition) is 1. The molecule has 0 aromatic rings. The lowest BCUT2D eigenvalue weighted by molar-refractivity contribution is -0.169. The van der Waals surface area contributed by atoms with Crippen LogP contribution in [-0.4, -0.2) is 11.1 Å². The lowest BCUT2D eigenvalue weighted by Crippen LogP contribution is -2.54. The SMILES string of the molecule is CC/C(C)=C\C[C@H]1C(C)CC[C@@H]2[C@]1(C)CCC[C@]2(C)C(=O)O. The molecule has 0 saturated heterocycles. The van der Waals surface area contributed by atoms with Gasteiger partial charge in [-0.05, 0) is 69.1 Å². The average Bonchev–Trinajstić information content (AvgIpc) is 2.45. The summed E-state index contributed by atoms with van der Waals surface area (Å²) in [6.07, 6.45) is 10.1. The topological polar surface area (TPSA) is 37.3 Å². The van der Waals surface area contributed by atoms with Gasteiger partial charge in [0.2, 0.25) is 0 Å². The summed E-state index contributed by atoms with van der Waals surface area (Å²) in [6, 6.07) is 0. The third-order valence-electron chi connectivity index (χ3n) is 7.19. The van der Waals surface area contributed by atoms with Crippen molar-refractivity contribution in [2.45, 2.75) is 79.6 Å². The second-order valence-electron chi connectivity index (χ2n) is 8.44. The fourth-order valence-corrected chi connectivity index (χ4v) is 5.52. The third-order valence-corrected chi connectivity index (χ3v) is 7.19. The molecular weight excluding hydrogens is 272 g/mol. The highest BCUT2D eigenvalue weighted by molar-refractivity contribution is 5.75. The van der Waals surface area contributed by atoms with E-state index in [0.29, 0.717) is 17.8 Å².